The molecule has 0 fully saturated rings. The molecule has 0 saturated carbocycles. The molecule has 0 bridgehead atoms. The summed E-state index contributed by atoms with van der Waals surface area (Å²) in [4.78, 5) is 0. The molecule has 1 rings (SSSR count). The number of aliphatic hydroxyl groups excluding tert-OH is 1. The monoisotopic (exact) mass is 263 g/mol. The summed E-state index contributed by atoms with van der Waals surface area (Å²) in [6.07, 6.45) is -4.32. The first kappa shape index (κ1) is 14.8. The van der Waals surface area contributed by atoms with Gasteiger partial charge in [0, 0.05) is 0 Å². The van der Waals surface area contributed by atoms with E-state index in [0.717, 1.165) is 0 Å². The molecular weight excluding hydrogens is 247 g/mol. The maximum Gasteiger partial charge on any atom is 0.401 e. The lowest BCUT2D eigenvalue weighted by Crippen LogP contribution is -2.33. The fourth-order valence-corrected chi connectivity index (χ4v) is 1.72. The predicted octanol–water partition coefficient (Wildman–Crippen LogP) is 2.19. The quantitative estimate of drug-likeness (QED) is 0.780. The molecular formula is C12H16F3NO2. The van der Waals surface area contributed by atoms with Crippen molar-refractivity contribution in [1.82, 2.24) is 5.32 Å². The molecule has 1 aromatic rings. The van der Waals surface area contributed by atoms with E-state index in [-0.39, 0.29) is 5.75 Å². The number of phenols is 1. The van der Waals surface area contributed by atoms with Crippen LogP contribution in [0.15, 0.2) is 12.1 Å². The molecule has 0 aliphatic carbocycles. The molecule has 3 N–H and O–H groups in total. The van der Waals surface area contributed by atoms with Crippen LogP contribution >= 0.6 is 0 Å². The molecule has 0 aliphatic rings. The smallest absolute Gasteiger partial charge is 0.401 e. The minimum atomic E-state index is -4.32. The first-order valence-corrected chi connectivity index (χ1v) is 5.45. The third-order valence-corrected chi connectivity index (χ3v) is 2.65. The number of aromatic hydroxyl groups is 1. The van der Waals surface area contributed by atoms with Crippen LogP contribution in [0.25, 0.3) is 0 Å². The molecule has 0 aromatic heterocycles. The van der Waals surface area contributed by atoms with Crippen molar-refractivity contribution >= 4 is 0 Å². The molecule has 6 heteroatoms. The zero-order valence-electron chi connectivity index (χ0n) is 10.2. The second-order valence-corrected chi connectivity index (χ2v) is 4.23. The molecule has 1 unspecified atom stereocenters. The molecule has 0 aliphatic heterocycles. The van der Waals surface area contributed by atoms with Gasteiger partial charge >= 0.3 is 6.18 Å². The van der Waals surface area contributed by atoms with Gasteiger partial charge in [-0.05, 0) is 30.5 Å². The van der Waals surface area contributed by atoms with E-state index in [1.807, 2.05) is 0 Å². The lowest BCUT2D eigenvalue weighted by Gasteiger charge is -2.19. The largest absolute Gasteiger partial charge is 0.507 e. The lowest BCUT2D eigenvalue weighted by atomic mass is 10.0. The van der Waals surface area contributed by atoms with Crippen molar-refractivity contribution in [3.8, 4) is 5.75 Å². The number of halogens is 3. The minimum absolute atomic E-state index is 0.117. The van der Waals surface area contributed by atoms with Crippen LogP contribution in [-0.2, 0) is 0 Å². The second-order valence-electron chi connectivity index (χ2n) is 4.23. The van der Waals surface area contributed by atoms with Gasteiger partial charge in [0.05, 0.1) is 19.2 Å². The van der Waals surface area contributed by atoms with Gasteiger partial charge in [0.1, 0.15) is 5.75 Å². The van der Waals surface area contributed by atoms with Gasteiger partial charge in [0.25, 0.3) is 0 Å². The Morgan fingerprint density at radius 1 is 1.22 bits per heavy atom. The van der Waals surface area contributed by atoms with Crippen molar-refractivity contribution in [2.45, 2.75) is 26.1 Å². The Hall–Kier alpha value is -1.27. The Morgan fingerprint density at radius 2 is 1.72 bits per heavy atom. The predicted molar refractivity (Wildman–Crippen MR) is 61.5 cm³/mol. The second kappa shape index (κ2) is 5.58. The summed E-state index contributed by atoms with van der Waals surface area (Å²) in [5, 5.41) is 21.0. The number of hydrogen-bond donors (Lipinski definition) is 3. The van der Waals surface area contributed by atoms with E-state index in [4.69, 9.17) is 5.11 Å². The van der Waals surface area contributed by atoms with Crippen LogP contribution < -0.4 is 5.32 Å². The van der Waals surface area contributed by atoms with Gasteiger partial charge in [-0.1, -0.05) is 12.1 Å². The Balaban J connectivity index is 2.89. The highest BCUT2D eigenvalue weighted by molar-refractivity contribution is 5.43. The first-order chi connectivity index (χ1) is 8.24. The molecule has 18 heavy (non-hydrogen) atoms. The number of alkyl halides is 3. The number of nitrogens with one attached hydrogen (secondary N) is 1. The van der Waals surface area contributed by atoms with Gasteiger partial charge < -0.3 is 10.2 Å². The molecule has 0 saturated heterocycles. The van der Waals surface area contributed by atoms with E-state index in [2.05, 4.69) is 5.32 Å². The highest BCUT2D eigenvalue weighted by Gasteiger charge is 2.28. The van der Waals surface area contributed by atoms with Crippen LogP contribution in [0.5, 0.6) is 5.75 Å². The number of rotatable bonds is 4. The summed E-state index contributed by atoms with van der Waals surface area (Å²) in [6, 6.07) is 2.32. The van der Waals surface area contributed by atoms with Crippen molar-refractivity contribution in [2.75, 3.05) is 13.2 Å². The molecule has 0 amide bonds. The number of hydrogen-bond acceptors (Lipinski definition) is 3. The van der Waals surface area contributed by atoms with Crippen molar-refractivity contribution in [3.63, 3.8) is 0 Å². The van der Waals surface area contributed by atoms with Gasteiger partial charge in [-0.3, -0.25) is 5.32 Å². The average molecular weight is 263 g/mol. The number of aliphatic hydroxyl groups is 1. The zero-order valence-corrected chi connectivity index (χ0v) is 10.2. The van der Waals surface area contributed by atoms with Gasteiger partial charge in [-0.25, -0.2) is 0 Å². The SMILES string of the molecule is Cc1cc(C(CO)NCC(F)(F)F)cc(C)c1O. The number of aryl methyl sites for hydroxylation is 2. The lowest BCUT2D eigenvalue weighted by molar-refractivity contribution is -0.126. The molecule has 0 radical (unpaired) electrons. The Labute approximate surface area is 103 Å². The van der Waals surface area contributed by atoms with Crippen LogP contribution in [0.4, 0.5) is 13.2 Å². The van der Waals surface area contributed by atoms with Crippen molar-refractivity contribution in [2.24, 2.45) is 0 Å². The Bertz CT molecular complexity index is 395. The summed E-state index contributed by atoms with van der Waals surface area (Å²) in [6.45, 7) is 1.70. The van der Waals surface area contributed by atoms with Crippen molar-refractivity contribution < 1.29 is 23.4 Å². The van der Waals surface area contributed by atoms with Gasteiger partial charge in [-0.2, -0.15) is 13.2 Å². The normalized spacial score (nSPS) is 13.7. The standard InChI is InChI=1S/C12H16F3NO2/c1-7-3-9(4-8(2)11(7)18)10(5-17)16-6-12(13,14)15/h3-4,10,16-18H,5-6H2,1-2H3. The summed E-state index contributed by atoms with van der Waals surface area (Å²) < 4.78 is 36.3. The molecule has 1 atom stereocenters. The summed E-state index contributed by atoms with van der Waals surface area (Å²) in [7, 11) is 0. The number of phenolic OH excluding ortho intramolecular Hbond substituents is 1. The van der Waals surface area contributed by atoms with E-state index >= 15 is 0 Å². The third-order valence-electron chi connectivity index (χ3n) is 2.65. The molecule has 0 spiro atoms. The molecule has 3 nitrogen and oxygen atoms in total. The Kier molecular flexibility index (Phi) is 4.59. The van der Waals surface area contributed by atoms with Gasteiger partial charge in [-0.15, -0.1) is 0 Å². The van der Waals surface area contributed by atoms with E-state index < -0.39 is 25.4 Å². The highest BCUT2D eigenvalue weighted by atomic mass is 19.4. The van der Waals surface area contributed by atoms with Crippen LogP contribution in [0.2, 0.25) is 0 Å². The molecule has 102 valence electrons. The maximum atomic E-state index is 12.1. The van der Waals surface area contributed by atoms with Crippen LogP contribution in [-0.4, -0.2) is 29.5 Å². The van der Waals surface area contributed by atoms with E-state index in [1.54, 1.807) is 26.0 Å². The van der Waals surface area contributed by atoms with Crippen molar-refractivity contribution in [3.05, 3.63) is 28.8 Å². The minimum Gasteiger partial charge on any atom is -0.507 e. The van der Waals surface area contributed by atoms with E-state index in [1.165, 1.54) is 0 Å². The number of benzene rings is 1. The van der Waals surface area contributed by atoms with E-state index in [9.17, 15) is 18.3 Å². The summed E-state index contributed by atoms with van der Waals surface area (Å²) in [5.74, 6) is 0.117. The fourth-order valence-electron chi connectivity index (χ4n) is 1.72. The Morgan fingerprint density at radius 3 is 2.11 bits per heavy atom. The van der Waals surface area contributed by atoms with Crippen LogP contribution in [0.1, 0.15) is 22.7 Å². The maximum absolute atomic E-state index is 12.1. The average Bonchev–Trinajstić information content (AvgIpc) is 2.25. The molecule has 0 heterocycles. The topological polar surface area (TPSA) is 52.5 Å². The van der Waals surface area contributed by atoms with Gasteiger partial charge in [0.2, 0.25) is 0 Å². The van der Waals surface area contributed by atoms with Crippen LogP contribution in [0, 0.1) is 13.8 Å². The summed E-state index contributed by atoms with van der Waals surface area (Å²) in [5.41, 5.74) is 1.66. The van der Waals surface area contributed by atoms with Crippen LogP contribution in [0.3, 0.4) is 0 Å². The first-order valence-electron chi connectivity index (χ1n) is 5.45. The molecule has 1 aromatic carbocycles. The summed E-state index contributed by atoms with van der Waals surface area (Å²) >= 11 is 0. The van der Waals surface area contributed by atoms with Crippen molar-refractivity contribution in [1.29, 1.82) is 0 Å². The third kappa shape index (κ3) is 3.89. The fraction of sp³-hybridized carbons (Fsp3) is 0.500. The van der Waals surface area contributed by atoms with Gasteiger partial charge in [0.15, 0.2) is 0 Å². The van der Waals surface area contributed by atoms with E-state index in [0.29, 0.717) is 16.7 Å². The zero-order chi connectivity index (χ0) is 13.9. The highest BCUT2D eigenvalue weighted by Crippen LogP contribution is 2.26.